The van der Waals surface area contributed by atoms with E-state index >= 15 is 0 Å². The van der Waals surface area contributed by atoms with Crippen molar-refractivity contribution in [2.75, 3.05) is 26.0 Å². The third kappa shape index (κ3) is 2.56. The minimum atomic E-state index is -0.136. The van der Waals surface area contributed by atoms with Crippen molar-refractivity contribution in [3.05, 3.63) is 23.8 Å². The summed E-state index contributed by atoms with van der Waals surface area (Å²) in [7, 11) is 1.55. The van der Waals surface area contributed by atoms with Gasteiger partial charge in [0.15, 0.2) is 0 Å². The molecule has 0 aliphatic heterocycles. The monoisotopic (exact) mass is 250 g/mol. The van der Waals surface area contributed by atoms with Crippen LogP contribution >= 0.6 is 0 Å². The number of ether oxygens (including phenoxy) is 1. The van der Waals surface area contributed by atoms with Crippen LogP contribution in [0.4, 0.5) is 5.69 Å². The lowest BCUT2D eigenvalue weighted by Gasteiger charge is -2.22. The summed E-state index contributed by atoms with van der Waals surface area (Å²) in [5.74, 6) is 0.468. The number of nitrogens with zero attached hydrogens (tertiary/aromatic N) is 1. The Labute approximate surface area is 106 Å². The van der Waals surface area contributed by atoms with Crippen molar-refractivity contribution in [2.45, 2.75) is 18.9 Å². The van der Waals surface area contributed by atoms with E-state index < -0.39 is 0 Å². The molecule has 1 aliphatic carbocycles. The molecule has 1 aromatic carbocycles. The van der Waals surface area contributed by atoms with E-state index in [1.807, 2.05) is 0 Å². The molecule has 1 aromatic rings. The number of hydrogen-bond donors (Lipinski definition) is 2. The molecular weight excluding hydrogens is 232 g/mol. The molecular formula is C13H18N2O3. The second kappa shape index (κ2) is 5.27. The average molecular weight is 250 g/mol. The van der Waals surface area contributed by atoms with E-state index in [1.54, 1.807) is 30.2 Å². The van der Waals surface area contributed by atoms with Crippen LogP contribution in [0.3, 0.4) is 0 Å². The minimum absolute atomic E-state index is 0.0356. The fourth-order valence-corrected chi connectivity index (χ4v) is 1.95. The fraction of sp³-hybridized carbons (Fsp3) is 0.462. The van der Waals surface area contributed by atoms with Crippen LogP contribution in [0.15, 0.2) is 18.2 Å². The summed E-state index contributed by atoms with van der Waals surface area (Å²) in [5, 5.41) is 9.03. The van der Waals surface area contributed by atoms with Crippen LogP contribution in [0.5, 0.6) is 5.75 Å². The summed E-state index contributed by atoms with van der Waals surface area (Å²) in [6, 6.07) is 5.27. The van der Waals surface area contributed by atoms with Gasteiger partial charge in [0.25, 0.3) is 5.91 Å². The molecule has 0 saturated heterocycles. The molecule has 0 spiro atoms. The number of carbonyl (C=O) groups excluding carboxylic acids is 1. The second-order valence-electron chi connectivity index (χ2n) is 4.41. The van der Waals surface area contributed by atoms with Crippen molar-refractivity contribution in [1.82, 2.24) is 4.90 Å². The maximum atomic E-state index is 12.4. The maximum Gasteiger partial charge on any atom is 0.256 e. The average Bonchev–Trinajstić information content (AvgIpc) is 3.20. The molecule has 0 atom stereocenters. The Balaban J connectivity index is 2.25. The predicted octanol–water partition coefficient (Wildman–Crippen LogP) is 0.874. The summed E-state index contributed by atoms with van der Waals surface area (Å²) in [4.78, 5) is 14.1. The standard InChI is InChI=1S/C13H18N2O3/c1-18-10-4-5-12(14)11(8-10)13(17)15(6-7-16)9-2-3-9/h4-5,8-9,16H,2-3,6-7,14H2,1H3. The highest BCUT2D eigenvalue weighted by Gasteiger charge is 2.33. The number of aliphatic hydroxyl groups is 1. The first-order chi connectivity index (χ1) is 8.67. The molecule has 1 fully saturated rings. The van der Waals surface area contributed by atoms with E-state index in [0.29, 0.717) is 23.5 Å². The number of hydrogen-bond acceptors (Lipinski definition) is 4. The summed E-state index contributed by atoms with van der Waals surface area (Å²) in [6.07, 6.45) is 1.99. The molecule has 1 aliphatic rings. The van der Waals surface area contributed by atoms with Crippen molar-refractivity contribution in [3.8, 4) is 5.75 Å². The van der Waals surface area contributed by atoms with Gasteiger partial charge in [-0.1, -0.05) is 0 Å². The summed E-state index contributed by atoms with van der Waals surface area (Å²) < 4.78 is 5.10. The molecule has 2 rings (SSSR count). The zero-order valence-electron chi connectivity index (χ0n) is 10.4. The van der Waals surface area contributed by atoms with E-state index in [2.05, 4.69) is 0 Å². The normalized spacial score (nSPS) is 14.3. The lowest BCUT2D eigenvalue weighted by Crippen LogP contribution is -2.35. The van der Waals surface area contributed by atoms with E-state index in [-0.39, 0.29) is 18.6 Å². The number of methoxy groups -OCH3 is 1. The van der Waals surface area contributed by atoms with Gasteiger partial charge in [0.2, 0.25) is 0 Å². The topological polar surface area (TPSA) is 75.8 Å². The number of nitrogens with two attached hydrogens (primary N) is 1. The first kappa shape index (κ1) is 12.7. The smallest absolute Gasteiger partial charge is 0.256 e. The maximum absolute atomic E-state index is 12.4. The third-order valence-electron chi connectivity index (χ3n) is 3.08. The molecule has 5 nitrogen and oxygen atoms in total. The first-order valence-electron chi connectivity index (χ1n) is 6.02. The van der Waals surface area contributed by atoms with Crippen molar-refractivity contribution in [2.24, 2.45) is 0 Å². The van der Waals surface area contributed by atoms with E-state index in [0.717, 1.165) is 12.8 Å². The van der Waals surface area contributed by atoms with Crippen molar-refractivity contribution < 1.29 is 14.6 Å². The van der Waals surface area contributed by atoms with E-state index in [4.69, 9.17) is 15.6 Å². The summed E-state index contributed by atoms with van der Waals surface area (Å²) in [5.41, 5.74) is 6.71. The fourth-order valence-electron chi connectivity index (χ4n) is 1.95. The van der Waals surface area contributed by atoms with Crippen LogP contribution in [0.2, 0.25) is 0 Å². The van der Waals surface area contributed by atoms with Gasteiger partial charge in [-0.15, -0.1) is 0 Å². The number of amides is 1. The molecule has 18 heavy (non-hydrogen) atoms. The summed E-state index contributed by atoms with van der Waals surface area (Å²) in [6.45, 7) is 0.312. The van der Waals surface area contributed by atoms with Gasteiger partial charge in [0.05, 0.1) is 19.3 Å². The Morgan fingerprint density at radius 2 is 2.28 bits per heavy atom. The van der Waals surface area contributed by atoms with Gasteiger partial charge in [-0.3, -0.25) is 4.79 Å². The number of benzene rings is 1. The molecule has 5 heteroatoms. The second-order valence-corrected chi connectivity index (χ2v) is 4.41. The molecule has 0 unspecified atom stereocenters. The lowest BCUT2D eigenvalue weighted by molar-refractivity contribution is 0.0708. The molecule has 98 valence electrons. The lowest BCUT2D eigenvalue weighted by atomic mass is 10.1. The molecule has 0 heterocycles. The van der Waals surface area contributed by atoms with Gasteiger partial charge < -0.3 is 20.5 Å². The number of aliphatic hydroxyl groups excluding tert-OH is 1. The number of rotatable bonds is 5. The Bertz CT molecular complexity index is 444. The number of nitrogen functional groups attached to an aromatic ring is 1. The molecule has 0 radical (unpaired) electrons. The van der Waals surface area contributed by atoms with Crippen molar-refractivity contribution >= 4 is 11.6 Å². The highest BCUT2D eigenvalue weighted by molar-refractivity contribution is 5.99. The predicted molar refractivity (Wildman–Crippen MR) is 68.6 cm³/mol. The Kier molecular flexibility index (Phi) is 3.72. The Morgan fingerprint density at radius 1 is 1.56 bits per heavy atom. The van der Waals surface area contributed by atoms with E-state index in [9.17, 15) is 4.79 Å². The highest BCUT2D eigenvalue weighted by Crippen LogP contribution is 2.30. The van der Waals surface area contributed by atoms with Crippen molar-refractivity contribution in [1.29, 1.82) is 0 Å². The Morgan fingerprint density at radius 3 is 2.83 bits per heavy atom. The van der Waals surface area contributed by atoms with Crippen molar-refractivity contribution in [3.63, 3.8) is 0 Å². The summed E-state index contributed by atoms with van der Waals surface area (Å²) >= 11 is 0. The van der Waals surface area contributed by atoms with Crippen LogP contribution in [0.1, 0.15) is 23.2 Å². The van der Waals surface area contributed by atoms with Gasteiger partial charge in [-0.05, 0) is 31.0 Å². The van der Waals surface area contributed by atoms with E-state index in [1.165, 1.54) is 0 Å². The van der Waals surface area contributed by atoms with Crippen LogP contribution in [0, 0.1) is 0 Å². The van der Waals surface area contributed by atoms with Crippen LogP contribution in [-0.4, -0.2) is 42.2 Å². The third-order valence-corrected chi connectivity index (χ3v) is 3.08. The van der Waals surface area contributed by atoms with Crippen LogP contribution in [-0.2, 0) is 0 Å². The highest BCUT2D eigenvalue weighted by atomic mass is 16.5. The molecule has 1 saturated carbocycles. The van der Waals surface area contributed by atoms with Crippen LogP contribution in [0.25, 0.3) is 0 Å². The largest absolute Gasteiger partial charge is 0.497 e. The molecule has 1 amide bonds. The van der Waals surface area contributed by atoms with Crippen LogP contribution < -0.4 is 10.5 Å². The zero-order chi connectivity index (χ0) is 13.1. The molecule has 0 bridgehead atoms. The molecule has 3 N–H and O–H groups in total. The number of carbonyl (C=O) groups is 1. The Hall–Kier alpha value is -1.75. The molecule has 0 aromatic heterocycles. The van der Waals surface area contributed by atoms with Gasteiger partial charge in [0, 0.05) is 18.3 Å². The number of anilines is 1. The van der Waals surface area contributed by atoms with Gasteiger partial charge in [-0.2, -0.15) is 0 Å². The SMILES string of the molecule is COc1ccc(N)c(C(=O)N(CCO)C2CC2)c1. The minimum Gasteiger partial charge on any atom is -0.497 e. The van der Waals surface area contributed by atoms with Gasteiger partial charge in [0.1, 0.15) is 5.75 Å². The quantitative estimate of drug-likeness (QED) is 0.760. The van der Waals surface area contributed by atoms with Gasteiger partial charge >= 0.3 is 0 Å². The van der Waals surface area contributed by atoms with Gasteiger partial charge in [-0.25, -0.2) is 0 Å². The first-order valence-corrected chi connectivity index (χ1v) is 6.02. The zero-order valence-corrected chi connectivity index (χ0v) is 10.4.